The first-order chi connectivity index (χ1) is 18.9. The Morgan fingerprint density at radius 1 is 1.10 bits per heavy atom. The molecule has 39 heavy (non-hydrogen) atoms. The monoisotopic (exact) mass is 559 g/mol. The number of carbonyl (C=O) groups excluding carboxylic acids is 2. The van der Waals surface area contributed by atoms with Gasteiger partial charge in [0, 0.05) is 21.8 Å². The van der Waals surface area contributed by atoms with Crippen LogP contribution in [0.2, 0.25) is 5.02 Å². The predicted molar refractivity (Wildman–Crippen MR) is 146 cm³/mol. The number of halogens is 2. The second-order valence-corrected chi connectivity index (χ2v) is 10.2. The summed E-state index contributed by atoms with van der Waals surface area (Å²) in [4.78, 5) is 45.6. The molecule has 0 saturated heterocycles. The van der Waals surface area contributed by atoms with E-state index in [9.17, 15) is 18.8 Å². The van der Waals surface area contributed by atoms with Crippen LogP contribution in [0.4, 0.5) is 10.1 Å². The molecule has 1 N–H and O–H groups in total. The SMILES string of the molecule is CCOC(=O)C1=C(c2ccccc2)N=c2s/c(=C3\C(=O)Nc4ccc(Cl)cc43)c(=O)n2[C@@H]1c1ccc(F)cc1. The minimum absolute atomic E-state index is 0.104. The highest BCUT2D eigenvalue weighted by atomic mass is 35.5. The van der Waals surface area contributed by atoms with Gasteiger partial charge in [-0.2, -0.15) is 0 Å². The van der Waals surface area contributed by atoms with E-state index in [0.717, 1.165) is 11.3 Å². The van der Waals surface area contributed by atoms with Crippen molar-refractivity contribution < 1.29 is 18.7 Å². The number of aromatic nitrogens is 1. The third kappa shape index (κ3) is 4.20. The first-order valence-corrected chi connectivity index (χ1v) is 13.2. The number of fused-ring (bicyclic) bond motifs is 2. The molecule has 10 heteroatoms. The Morgan fingerprint density at radius 3 is 2.56 bits per heavy atom. The smallest absolute Gasteiger partial charge is 0.338 e. The maximum absolute atomic E-state index is 14.1. The Labute approximate surface area is 230 Å². The molecule has 0 spiro atoms. The van der Waals surface area contributed by atoms with Gasteiger partial charge in [0.2, 0.25) is 0 Å². The highest BCUT2D eigenvalue weighted by molar-refractivity contribution is 7.07. The molecular weight excluding hydrogens is 541 g/mol. The molecule has 4 aromatic rings. The van der Waals surface area contributed by atoms with Crippen molar-refractivity contribution in [3.8, 4) is 0 Å². The minimum Gasteiger partial charge on any atom is -0.463 e. The summed E-state index contributed by atoms with van der Waals surface area (Å²) in [6, 6.07) is 18.6. The van der Waals surface area contributed by atoms with Crippen LogP contribution in [-0.2, 0) is 14.3 Å². The lowest BCUT2D eigenvalue weighted by Crippen LogP contribution is -2.40. The molecule has 1 aromatic heterocycles. The first kappa shape index (κ1) is 25.0. The lowest BCUT2D eigenvalue weighted by atomic mass is 9.93. The van der Waals surface area contributed by atoms with Crippen LogP contribution in [0.5, 0.6) is 0 Å². The molecule has 7 nitrogen and oxygen atoms in total. The normalized spacial score (nSPS) is 17.3. The number of amides is 1. The molecule has 2 aliphatic rings. The second-order valence-electron chi connectivity index (χ2n) is 8.82. The molecule has 0 bridgehead atoms. The number of benzene rings is 3. The van der Waals surface area contributed by atoms with Crippen LogP contribution in [0, 0.1) is 5.82 Å². The van der Waals surface area contributed by atoms with Crippen molar-refractivity contribution >= 4 is 51.8 Å². The second kappa shape index (κ2) is 9.76. The molecule has 0 aliphatic carbocycles. The fourth-order valence-corrected chi connectivity index (χ4v) is 6.08. The van der Waals surface area contributed by atoms with Crippen molar-refractivity contribution in [3.63, 3.8) is 0 Å². The Hall–Kier alpha value is -4.34. The van der Waals surface area contributed by atoms with E-state index in [1.54, 1.807) is 37.3 Å². The molecule has 0 fully saturated rings. The zero-order chi connectivity index (χ0) is 27.3. The van der Waals surface area contributed by atoms with Gasteiger partial charge < -0.3 is 10.1 Å². The van der Waals surface area contributed by atoms with E-state index >= 15 is 0 Å². The van der Waals surface area contributed by atoms with Crippen LogP contribution in [0.3, 0.4) is 0 Å². The van der Waals surface area contributed by atoms with Gasteiger partial charge >= 0.3 is 5.97 Å². The lowest BCUT2D eigenvalue weighted by molar-refractivity contribution is -0.138. The Balaban J connectivity index is 1.72. The van der Waals surface area contributed by atoms with Gasteiger partial charge in [-0.15, -0.1) is 0 Å². The van der Waals surface area contributed by atoms with E-state index in [1.165, 1.54) is 28.8 Å². The van der Waals surface area contributed by atoms with Crippen LogP contribution in [0.1, 0.15) is 29.7 Å². The molecule has 1 atom stereocenters. The van der Waals surface area contributed by atoms with Gasteiger partial charge in [-0.25, -0.2) is 14.2 Å². The molecule has 0 radical (unpaired) electrons. The van der Waals surface area contributed by atoms with Gasteiger partial charge in [0.25, 0.3) is 11.5 Å². The number of anilines is 1. The van der Waals surface area contributed by atoms with Gasteiger partial charge in [0.15, 0.2) is 4.80 Å². The van der Waals surface area contributed by atoms with Gasteiger partial charge in [-0.05, 0) is 42.8 Å². The van der Waals surface area contributed by atoms with Crippen molar-refractivity contribution in [1.29, 1.82) is 0 Å². The lowest BCUT2D eigenvalue weighted by Gasteiger charge is -2.25. The maximum Gasteiger partial charge on any atom is 0.338 e. The topological polar surface area (TPSA) is 89.8 Å². The summed E-state index contributed by atoms with van der Waals surface area (Å²) in [6.45, 7) is 1.79. The maximum atomic E-state index is 14.1. The molecule has 1 amide bonds. The number of rotatable bonds is 4. The van der Waals surface area contributed by atoms with E-state index in [4.69, 9.17) is 21.3 Å². The van der Waals surface area contributed by atoms with Gasteiger partial charge in [0.05, 0.1) is 29.5 Å². The summed E-state index contributed by atoms with van der Waals surface area (Å²) in [5.74, 6) is -1.55. The van der Waals surface area contributed by atoms with Crippen LogP contribution >= 0.6 is 22.9 Å². The van der Waals surface area contributed by atoms with Crippen molar-refractivity contribution in [2.24, 2.45) is 4.99 Å². The average molecular weight is 560 g/mol. The summed E-state index contributed by atoms with van der Waals surface area (Å²) >= 11 is 7.25. The van der Waals surface area contributed by atoms with E-state index in [0.29, 0.717) is 33.1 Å². The summed E-state index contributed by atoms with van der Waals surface area (Å²) < 4.78 is 20.9. The van der Waals surface area contributed by atoms with Crippen LogP contribution in [0.15, 0.2) is 88.2 Å². The first-order valence-electron chi connectivity index (χ1n) is 12.0. The summed E-state index contributed by atoms with van der Waals surface area (Å²) in [5, 5.41) is 3.19. The molecule has 3 aromatic carbocycles. The van der Waals surface area contributed by atoms with Crippen molar-refractivity contribution in [3.05, 3.63) is 126 Å². The van der Waals surface area contributed by atoms with Crippen molar-refractivity contribution in [2.75, 3.05) is 11.9 Å². The number of hydrogen-bond donors (Lipinski definition) is 1. The predicted octanol–water partition coefficient (Wildman–Crippen LogP) is 4.05. The van der Waals surface area contributed by atoms with E-state index in [1.807, 2.05) is 18.2 Å². The molecule has 0 unspecified atom stereocenters. The number of esters is 1. The number of ether oxygens (including phenoxy) is 1. The van der Waals surface area contributed by atoms with Crippen molar-refractivity contribution in [2.45, 2.75) is 13.0 Å². The molecule has 194 valence electrons. The molecule has 3 heterocycles. The molecule has 2 aliphatic heterocycles. The molecule has 0 saturated carbocycles. The highest BCUT2D eigenvalue weighted by Crippen LogP contribution is 2.36. The van der Waals surface area contributed by atoms with E-state index in [2.05, 4.69) is 5.32 Å². The minimum atomic E-state index is -0.978. The number of nitrogens with zero attached hydrogens (tertiary/aromatic N) is 2. The largest absolute Gasteiger partial charge is 0.463 e. The fourth-order valence-electron chi connectivity index (χ4n) is 4.82. The Kier molecular flexibility index (Phi) is 6.25. The quantitative estimate of drug-likeness (QED) is 0.382. The van der Waals surface area contributed by atoms with Gasteiger partial charge in [0.1, 0.15) is 10.3 Å². The standard InChI is InChI=1S/C29H19ClFN3O4S/c1-2-38-28(37)22-23(15-6-4-3-5-7-15)33-29-34(24(22)16-8-11-18(31)12-9-16)27(36)25(39-29)21-19-14-17(30)10-13-20(19)32-26(21)35/h3-14,24H,2H2,1H3,(H,32,35)/b25-21-/t24-/m1/s1. The molecular formula is C29H19ClFN3O4S. The fraction of sp³-hybridized carbons (Fsp3) is 0.103. The summed E-state index contributed by atoms with van der Waals surface area (Å²) in [5.41, 5.74) is 2.31. The zero-order valence-corrected chi connectivity index (χ0v) is 22.0. The summed E-state index contributed by atoms with van der Waals surface area (Å²) in [6.07, 6.45) is 0. The number of hydrogen-bond acceptors (Lipinski definition) is 6. The van der Waals surface area contributed by atoms with Crippen molar-refractivity contribution in [1.82, 2.24) is 4.57 Å². The third-order valence-corrected chi connectivity index (χ3v) is 7.78. The Bertz CT molecular complexity index is 1880. The van der Waals surface area contributed by atoms with Gasteiger partial charge in [-0.1, -0.05) is 65.4 Å². The van der Waals surface area contributed by atoms with E-state index in [-0.39, 0.29) is 27.1 Å². The summed E-state index contributed by atoms with van der Waals surface area (Å²) in [7, 11) is 0. The molecule has 6 rings (SSSR count). The number of thiazole rings is 1. The highest BCUT2D eigenvalue weighted by Gasteiger charge is 2.36. The zero-order valence-electron chi connectivity index (χ0n) is 20.4. The third-order valence-electron chi connectivity index (χ3n) is 6.49. The average Bonchev–Trinajstić information content (AvgIpc) is 3.43. The van der Waals surface area contributed by atoms with Gasteiger partial charge in [-0.3, -0.25) is 14.2 Å². The van der Waals surface area contributed by atoms with Crippen LogP contribution < -0.4 is 20.2 Å². The Morgan fingerprint density at radius 2 is 1.85 bits per heavy atom. The van der Waals surface area contributed by atoms with Crippen LogP contribution in [-0.4, -0.2) is 23.1 Å². The van der Waals surface area contributed by atoms with E-state index < -0.39 is 29.3 Å². The van der Waals surface area contributed by atoms with Crippen LogP contribution in [0.25, 0.3) is 11.3 Å². The number of carbonyl (C=O) groups is 2. The number of nitrogens with one attached hydrogen (secondary N) is 1.